The van der Waals surface area contributed by atoms with Crippen molar-refractivity contribution in [1.29, 1.82) is 0 Å². The smallest absolute Gasteiger partial charge is 0.271 e. The zero-order valence-electron chi connectivity index (χ0n) is 11.3. The molecule has 5 nitrogen and oxygen atoms in total. The minimum absolute atomic E-state index is 0.285. The molecule has 0 aliphatic carbocycles. The van der Waals surface area contributed by atoms with Crippen molar-refractivity contribution < 1.29 is 9.53 Å². The topological polar surface area (TPSA) is 63.6 Å². The number of amides is 1. The monoisotopic (exact) mass is 269 g/mol. The molecule has 0 radical (unpaired) electrons. The molecule has 0 spiro atoms. The third kappa shape index (κ3) is 3.41. The number of ether oxygens (including phenoxy) is 1. The second-order valence-electron chi connectivity index (χ2n) is 4.11. The molecule has 1 heterocycles. The largest absolute Gasteiger partial charge is 0.497 e. The van der Waals surface area contributed by atoms with E-state index < -0.39 is 0 Å². The first-order valence-corrected chi connectivity index (χ1v) is 6.10. The van der Waals surface area contributed by atoms with Crippen LogP contribution in [0.25, 0.3) is 0 Å². The highest BCUT2D eigenvalue weighted by molar-refractivity contribution is 6.00. The Bertz CT molecular complexity index is 624. The van der Waals surface area contributed by atoms with Gasteiger partial charge in [0, 0.05) is 23.5 Å². The van der Waals surface area contributed by atoms with Crippen molar-refractivity contribution in [2.45, 2.75) is 6.92 Å². The molecule has 20 heavy (non-hydrogen) atoms. The molecule has 0 saturated carbocycles. The number of rotatable bonds is 4. The Balaban J connectivity index is 2.08. The lowest BCUT2D eigenvalue weighted by Gasteiger charge is -2.04. The molecule has 1 aromatic heterocycles. The molecule has 1 aromatic carbocycles. The molecular weight excluding hydrogens is 254 g/mol. The number of aromatic nitrogens is 1. The maximum absolute atomic E-state index is 12.0. The Morgan fingerprint density at radius 1 is 1.25 bits per heavy atom. The van der Waals surface area contributed by atoms with E-state index in [1.807, 2.05) is 19.1 Å². The number of pyridine rings is 1. The number of nitrogens with zero attached hydrogens (tertiary/aromatic N) is 2. The Morgan fingerprint density at radius 3 is 2.75 bits per heavy atom. The molecule has 1 N–H and O–H groups in total. The average Bonchev–Trinajstić information content (AvgIpc) is 2.53. The summed E-state index contributed by atoms with van der Waals surface area (Å²) < 4.78 is 5.08. The minimum Gasteiger partial charge on any atom is -0.497 e. The van der Waals surface area contributed by atoms with E-state index in [0.29, 0.717) is 17.0 Å². The van der Waals surface area contributed by atoms with Gasteiger partial charge in [0.15, 0.2) is 0 Å². The van der Waals surface area contributed by atoms with Crippen LogP contribution in [0.1, 0.15) is 22.8 Å². The first-order chi connectivity index (χ1) is 9.70. The van der Waals surface area contributed by atoms with Gasteiger partial charge in [-0.1, -0.05) is 12.1 Å². The van der Waals surface area contributed by atoms with Gasteiger partial charge in [-0.05, 0) is 31.2 Å². The summed E-state index contributed by atoms with van der Waals surface area (Å²) in [4.78, 5) is 16.0. The number of nitrogens with one attached hydrogen (secondary N) is 1. The normalized spacial score (nSPS) is 11.0. The van der Waals surface area contributed by atoms with Crippen molar-refractivity contribution in [3.8, 4) is 5.75 Å². The predicted molar refractivity (Wildman–Crippen MR) is 76.9 cm³/mol. The van der Waals surface area contributed by atoms with E-state index in [0.717, 1.165) is 5.56 Å². The highest BCUT2D eigenvalue weighted by Gasteiger charge is 2.06. The molecule has 102 valence electrons. The molecule has 1 amide bonds. The molecule has 5 heteroatoms. The first kappa shape index (κ1) is 13.7. The molecule has 0 fully saturated rings. The summed E-state index contributed by atoms with van der Waals surface area (Å²) in [5, 5.41) is 4.06. The predicted octanol–water partition coefficient (Wildman–Crippen LogP) is 2.24. The second-order valence-corrected chi connectivity index (χ2v) is 4.11. The molecule has 0 aliphatic rings. The standard InChI is InChI=1S/C15H15N3O2/c1-11(13-6-4-8-16-10-13)17-18-15(19)12-5-3-7-14(9-12)20-2/h3-10H,1-2H3,(H,18,19)/b17-11+. The zero-order valence-corrected chi connectivity index (χ0v) is 11.3. The summed E-state index contributed by atoms with van der Waals surface area (Å²) in [6.07, 6.45) is 3.38. The summed E-state index contributed by atoms with van der Waals surface area (Å²) >= 11 is 0. The first-order valence-electron chi connectivity index (χ1n) is 6.10. The summed E-state index contributed by atoms with van der Waals surface area (Å²) in [7, 11) is 1.56. The summed E-state index contributed by atoms with van der Waals surface area (Å²) in [6.45, 7) is 1.81. The number of hydrogen-bond acceptors (Lipinski definition) is 4. The lowest BCUT2D eigenvalue weighted by molar-refractivity contribution is 0.0954. The number of benzene rings is 1. The minimum atomic E-state index is -0.285. The van der Waals surface area contributed by atoms with Crippen molar-refractivity contribution >= 4 is 11.6 Å². The van der Waals surface area contributed by atoms with E-state index in [9.17, 15) is 4.79 Å². The number of carbonyl (C=O) groups excluding carboxylic acids is 1. The van der Waals surface area contributed by atoms with Crippen LogP contribution in [0.3, 0.4) is 0 Å². The van der Waals surface area contributed by atoms with Gasteiger partial charge >= 0.3 is 0 Å². The van der Waals surface area contributed by atoms with Crippen LogP contribution in [0.15, 0.2) is 53.9 Å². The number of methoxy groups -OCH3 is 1. The Kier molecular flexibility index (Phi) is 4.44. The highest BCUT2D eigenvalue weighted by Crippen LogP contribution is 2.12. The van der Waals surface area contributed by atoms with Gasteiger partial charge in [0.05, 0.1) is 12.8 Å². The Labute approximate surface area is 117 Å². The van der Waals surface area contributed by atoms with Gasteiger partial charge in [0.1, 0.15) is 5.75 Å². The van der Waals surface area contributed by atoms with Crippen molar-refractivity contribution in [3.63, 3.8) is 0 Å². The van der Waals surface area contributed by atoms with E-state index in [2.05, 4.69) is 15.5 Å². The Hall–Kier alpha value is -2.69. The fraction of sp³-hybridized carbons (Fsp3) is 0.133. The third-order valence-corrected chi connectivity index (χ3v) is 2.74. The average molecular weight is 269 g/mol. The van der Waals surface area contributed by atoms with Crippen LogP contribution in [0.2, 0.25) is 0 Å². The van der Waals surface area contributed by atoms with Crippen LogP contribution >= 0.6 is 0 Å². The van der Waals surface area contributed by atoms with Crippen LogP contribution in [-0.2, 0) is 0 Å². The number of carbonyl (C=O) groups is 1. The maximum atomic E-state index is 12.0. The molecule has 0 atom stereocenters. The summed E-state index contributed by atoms with van der Waals surface area (Å²) in [5.74, 6) is 0.345. The van der Waals surface area contributed by atoms with Gasteiger partial charge < -0.3 is 4.74 Å². The van der Waals surface area contributed by atoms with Crippen LogP contribution < -0.4 is 10.2 Å². The maximum Gasteiger partial charge on any atom is 0.271 e. The summed E-state index contributed by atoms with van der Waals surface area (Å²) in [6, 6.07) is 10.6. The molecule has 0 unspecified atom stereocenters. The van der Waals surface area contributed by atoms with Crippen LogP contribution in [0.4, 0.5) is 0 Å². The lowest BCUT2D eigenvalue weighted by Crippen LogP contribution is -2.19. The van der Waals surface area contributed by atoms with Crippen molar-refractivity contribution in [3.05, 3.63) is 59.9 Å². The SMILES string of the molecule is COc1cccc(C(=O)N/N=C(\C)c2cccnc2)c1. The van der Waals surface area contributed by atoms with Crippen molar-refractivity contribution in [2.24, 2.45) is 5.10 Å². The van der Waals surface area contributed by atoms with Crippen LogP contribution in [0.5, 0.6) is 5.75 Å². The molecular formula is C15H15N3O2. The van der Waals surface area contributed by atoms with Gasteiger partial charge in [-0.2, -0.15) is 5.10 Å². The fourth-order valence-corrected chi connectivity index (χ4v) is 1.60. The van der Waals surface area contributed by atoms with Gasteiger partial charge in [-0.3, -0.25) is 9.78 Å². The van der Waals surface area contributed by atoms with E-state index >= 15 is 0 Å². The zero-order chi connectivity index (χ0) is 14.4. The quantitative estimate of drug-likeness (QED) is 0.684. The number of hydrazone groups is 1. The van der Waals surface area contributed by atoms with E-state index in [1.165, 1.54) is 0 Å². The van der Waals surface area contributed by atoms with Gasteiger partial charge in [-0.25, -0.2) is 5.43 Å². The molecule has 0 aliphatic heterocycles. The van der Waals surface area contributed by atoms with Crippen LogP contribution in [0, 0.1) is 0 Å². The van der Waals surface area contributed by atoms with E-state index in [1.54, 1.807) is 43.8 Å². The highest BCUT2D eigenvalue weighted by atomic mass is 16.5. The van der Waals surface area contributed by atoms with Crippen molar-refractivity contribution in [2.75, 3.05) is 7.11 Å². The fourth-order valence-electron chi connectivity index (χ4n) is 1.60. The Morgan fingerprint density at radius 2 is 2.05 bits per heavy atom. The van der Waals surface area contributed by atoms with Crippen LogP contribution in [-0.4, -0.2) is 23.7 Å². The summed E-state index contributed by atoms with van der Waals surface area (Å²) in [5.41, 5.74) is 4.56. The van der Waals surface area contributed by atoms with Crippen molar-refractivity contribution in [1.82, 2.24) is 10.4 Å². The molecule has 2 rings (SSSR count). The number of hydrogen-bond donors (Lipinski definition) is 1. The second kappa shape index (κ2) is 6.47. The van der Waals surface area contributed by atoms with E-state index in [4.69, 9.17) is 4.74 Å². The third-order valence-electron chi connectivity index (χ3n) is 2.74. The molecule has 0 saturated heterocycles. The molecule has 2 aromatic rings. The van der Waals surface area contributed by atoms with Gasteiger partial charge in [0.25, 0.3) is 5.91 Å². The van der Waals surface area contributed by atoms with E-state index in [-0.39, 0.29) is 5.91 Å². The molecule has 0 bridgehead atoms. The van der Waals surface area contributed by atoms with Gasteiger partial charge in [0.2, 0.25) is 0 Å². The van der Waals surface area contributed by atoms with Gasteiger partial charge in [-0.15, -0.1) is 0 Å². The lowest BCUT2D eigenvalue weighted by atomic mass is 10.2.